The van der Waals surface area contributed by atoms with Crippen LogP contribution in [0.2, 0.25) is 0 Å². The summed E-state index contributed by atoms with van der Waals surface area (Å²) in [5.41, 5.74) is 2.18. The zero-order valence-electron chi connectivity index (χ0n) is 23.9. The van der Waals surface area contributed by atoms with Gasteiger partial charge >= 0.3 is 0 Å². The van der Waals surface area contributed by atoms with Crippen LogP contribution in [0.1, 0.15) is 91.0 Å². The summed E-state index contributed by atoms with van der Waals surface area (Å²) in [7, 11) is 0. The monoisotopic (exact) mass is 685 g/mol. The molecule has 6 heteroatoms. The van der Waals surface area contributed by atoms with E-state index in [1.165, 1.54) is 6.08 Å². The topological polar surface area (TPSA) is 72.6 Å². The molecule has 0 aliphatic carbocycles. The standard InChI is InChI=1S/C18H18NO2.C13H24O2.Ir/c1-11(2)16-10-14-5-6-19-18(17(14)21-16)20-15-8-12(3)7-13(4)9-15;1-7-12(3,4)10(14)9-11(15)13(5,6)8-2;/h5-8,10-11H,1-4H3;9,14H,7-8H2,1-6H3;/q-1;;/b;10-9-;. The molecule has 1 radical (unpaired) electrons. The number of aromatic nitrogens is 1. The van der Waals surface area contributed by atoms with Crippen LogP contribution in [0.15, 0.2) is 46.7 Å². The second-order valence-corrected chi connectivity index (χ2v) is 11.0. The molecule has 3 rings (SSSR count). The van der Waals surface area contributed by atoms with Crippen LogP contribution in [0.5, 0.6) is 11.6 Å². The Bertz CT molecular complexity index is 1200. The van der Waals surface area contributed by atoms with E-state index in [0.717, 1.165) is 35.1 Å². The Morgan fingerprint density at radius 2 is 1.73 bits per heavy atom. The number of fused-ring (bicyclic) bond motifs is 1. The van der Waals surface area contributed by atoms with Crippen molar-refractivity contribution >= 4 is 16.8 Å². The van der Waals surface area contributed by atoms with Gasteiger partial charge in [-0.15, -0.1) is 12.1 Å². The Labute approximate surface area is 236 Å². The van der Waals surface area contributed by atoms with E-state index in [-0.39, 0.29) is 42.5 Å². The van der Waals surface area contributed by atoms with E-state index in [4.69, 9.17) is 9.15 Å². The summed E-state index contributed by atoms with van der Waals surface area (Å²) in [5, 5.41) is 10.9. The fraction of sp³-hybridized carbons (Fsp3) is 0.484. The molecule has 37 heavy (non-hydrogen) atoms. The van der Waals surface area contributed by atoms with Crippen LogP contribution in [0, 0.1) is 30.7 Å². The number of furan rings is 1. The van der Waals surface area contributed by atoms with E-state index in [9.17, 15) is 9.90 Å². The third-order valence-electron chi connectivity index (χ3n) is 6.71. The van der Waals surface area contributed by atoms with Crippen molar-refractivity contribution in [1.29, 1.82) is 0 Å². The normalized spacial score (nSPS) is 12.1. The molecule has 1 aromatic carbocycles. The van der Waals surface area contributed by atoms with E-state index in [0.29, 0.717) is 23.1 Å². The van der Waals surface area contributed by atoms with Gasteiger partial charge in [-0.2, -0.15) is 17.2 Å². The number of pyridine rings is 1. The number of allylic oxidation sites excluding steroid dienone is 2. The SMILES string of the molecule is CCC(C)(C)C(=O)/C=C(\O)C(C)(C)CC.Cc1[c-]c(Oc2nccc3cc(C(C)C)oc23)cc(C)c1.[Ir]. The predicted octanol–water partition coefficient (Wildman–Crippen LogP) is 9.03. The third kappa shape index (κ3) is 8.83. The number of nitrogens with zero attached hydrogens (tertiary/aromatic N) is 1. The number of rotatable bonds is 8. The zero-order chi connectivity index (χ0) is 27.3. The molecule has 0 atom stereocenters. The molecule has 0 unspecified atom stereocenters. The minimum atomic E-state index is -0.377. The van der Waals surface area contributed by atoms with Crippen molar-refractivity contribution in [2.75, 3.05) is 0 Å². The first kappa shape index (κ1) is 32.6. The number of aryl methyl sites for hydroxylation is 2. The molecule has 5 nitrogen and oxygen atoms in total. The quantitative estimate of drug-likeness (QED) is 0.146. The number of hydrogen-bond donors (Lipinski definition) is 1. The fourth-order valence-corrected chi connectivity index (χ4v) is 3.20. The number of carbonyl (C=O) groups is 1. The largest absolute Gasteiger partial charge is 0.512 e. The molecule has 0 spiro atoms. The van der Waals surface area contributed by atoms with Gasteiger partial charge in [0.25, 0.3) is 5.88 Å². The van der Waals surface area contributed by atoms with E-state index >= 15 is 0 Å². The smallest absolute Gasteiger partial charge is 0.261 e. The summed E-state index contributed by atoms with van der Waals surface area (Å²) in [5.74, 6) is 2.61. The molecule has 0 saturated carbocycles. The maximum absolute atomic E-state index is 11.8. The number of benzene rings is 1. The summed E-state index contributed by atoms with van der Waals surface area (Å²) in [6, 6.07) is 11.2. The predicted molar refractivity (Wildman–Crippen MR) is 147 cm³/mol. The Morgan fingerprint density at radius 1 is 1.11 bits per heavy atom. The Kier molecular flexibility index (Phi) is 11.8. The molecule has 3 aromatic rings. The molecule has 0 amide bonds. The molecule has 1 N–H and O–H groups in total. The third-order valence-corrected chi connectivity index (χ3v) is 6.71. The minimum Gasteiger partial charge on any atom is -0.512 e. The first-order chi connectivity index (χ1) is 16.7. The molecular formula is C31H42IrNO4-. The average molecular weight is 685 g/mol. The van der Waals surface area contributed by atoms with Crippen LogP contribution in [-0.2, 0) is 24.9 Å². The van der Waals surface area contributed by atoms with Gasteiger partial charge in [0.05, 0.1) is 0 Å². The Morgan fingerprint density at radius 3 is 2.27 bits per heavy atom. The number of ketones is 1. The van der Waals surface area contributed by atoms with E-state index in [1.807, 2.05) is 73.6 Å². The van der Waals surface area contributed by atoms with Gasteiger partial charge in [-0.05, 0) is 25.0 Å². The molecule has 0 saturated heterocycles. The van der Waals surface area contributed by atoms with Crippen molar-refractivity contribution in [2.45, 2.75) is 88.0 Å². The van der Waals surface area contributed by atoms with Crippen molar-refractivity contribution in [1.82, 2.24) is 4.98 Å². The maximum atomic E-state index is 11.8. The number of carbonyl (C=O) groups excluding carboxylic acids is 1. The van der Waals surface area contributed by atoms with Crippen LogP contribution in [0.25, 0.3) is 11.0 Å². The van der Waals surface area contributed by atoms with Crippen LogP contribution in [0.3, 0.4) is 0 Å². The zero-order valence-corrected chi connectivity index (χ0v) is 26.3. The number of hydrogen-bond acceptors (Lipinski definition) is 5. The molecule has 0 aliphatic rings. The van der Waals surface area contributed by atoms with E-state index < -0.39 is 0 Å². The second-order valence-electron chi connectivity index (χ2n) is 11.0. The first-order valence-corrected chi connectivity index (χ1v) is 12.7. The summed E-state index contributed by atoms with van der Waals surface area (Å²) in [4.78, 5) is 16.1. The molecule has 0 aliphatic heterocycles. The van der Waals surface area contributed by atoms with Gasteiger partial charge in [-0.25, -0.2) is 4.98 Å². The first-order valence-electron chi connectivity index (χ1n) is 12.7. The van der Waals surface area contributed by atoms with Gasteiger partial charge in [0.2, 0.25) is 0 Å². The number of aliphatic hydroxyl groups excluding tert-OH is 1. The molecule has 2 aromatic heterocycles. The minimum absolute atomic E-state index is 0. The van der Waals surface area contributed by atoms with Gasteiger partial charge in [-0.1, -0.05) is 69.2 Å². The van der Waals surface area contributed by atoms with Crippen LogP contribution >= 0.6 is 0 Å². The van der Waals surface area contributed by atoms with Gasteiger partial charge < -0.3 is 14.3 Å². The van der Waals surface area contributed by atoms with Gasteiger partial charge in [0.1, 0.15) is 11.5 Å². The van der Waals surface area contributed by atoms with Crippen molar-refractivity contribution in [3.63, 3.8) is 0 Å². The van der Waals surface area contributed by atoms with Crippen molar-refractivity contribution in [3.05, 3.63) is 65.3 Å². The average Bonchev–Trinajstić information content (AvgIpc) is 3.24. The summed E-state index contributed by atoms with van der Waals surface area (Å²) in [6.07, 6.45) is 4.73. The van der Waals surface area contributed by atoms with Gasteiger partial charge in [0.15, 0.2) is 11.4 Å². The van der Waals surface area contributed by atoms with E-state index in [2.05, 4.69) is 31.0 Å². The van der Waals surface area contributed by atoms with Gasteiger partial charge in [0, 0.05) is 60.3 Å². The maximum Gasteiger partial charge on any atom is 0.261 e. The summed E-state index contributed by atoms with van der Waals surface area (Å²) >= 11 is 0. The van der Waals surface area contributed by atoms with Crippen LogP contribution in [0.4, 0.5) is 0 Å². The Balaban J connectivity index is 0.000000384. The van der Waals surface area contributed by atoms with Gasteiger partial charge in [-0.3, -0.25) is 4.79 Å². The van der Waals surface area contributed by atoms with E-state index in [1.54, 1.807) is 6.20 Å². The molecule has 0 bridgehead atoms. The van der Waals surface area contributed by atoms with Crippen molar-refractivity contribution in [2.24, 2.45) is 10.8 Å². The van der Waals surface area contributed by atoms with Crippen LogP contribution < -0.4 is 4.74 Å². The van der Waals surface area contributed by atoms with Crippen LogP contribution in [-0.4, -0.2) is 15.9 Å². The molecule has 205 valence electrons. The second kappa shape index (κ2) is 13.4. The summed E-state index contributed by atoms with van der Waals surface area (Å²) < 4.78 is 11.8. The van der Waals surface area contributed by atoms with Crippen molar-refractivity contribution < 1.29 is 39.2 Å². The Hall–Kier alpha value is -2.43. The molecular weight excluding hydrogens is 643 g/mol. The number of ether oxygens (including phenoxy) is 1. The molecule has 2 heterocycles. The fourth-order valence-electron chi connectivity index (χ4n) is 3.20. The molecule has 0 fully saturated rings. The summed E-state index contributed by atoms with van der Waals surface area (Å²) in [6.45, 7) is 19.9. The number of aliphatic hydroxyl groups is 1. The van der Waals surface area contributed by atoms with Crippen molar-refractivity contribution in [3.8, 4) is 11.6 Å².